The second-order valence-corrected chi connectivity index (χ2v) is 5.81. The van der Waals surface area contributed by atoms with Crippen molar-refractivity contribution in [1.82, 2.24) is 0 Å². The number of rotatable bonds is 2. The summed E-state index contributed by atoms with van der Waals surface area (Å²) in [4.78, 5) is 0. The molecule has 2 aromatic rings. The topological polar surface area (TPSA) is 9.23 Å². The minimum Gasteiger partial charge on any atom is -0.457 e. The molecule has 0 heterocycles. The summed E-state index contributed by atoms with van der Waals surface area (Å²) in [5, 5.41) is 0. The summed E-state index contributed by atoms with van der Waals surface area (Å²) in [6, 6.07) is 12.8. The van der Waals surface area contributed by atoms with Gasteiger partial charge in [0.15, 0.2) is 0 Å². The minimum absolute atomic E-state index is 0.202. The van der Waals surface area contributed by atoms with Gasteiger partial charge in [-0.25, -0.2) is 4.39 Å². The lowest BCUT2D eigenvalue weighted by Gasteiger charge is -2.20. The summed E-state index contributed by atoms with van der Waals surface area (Å²) in [6.07, 6.45) is 0. The van der Waals surface area contributed by atoms with Gasteiger partial charge >= 0.3 is 0 Å². The molecule has 0 aliphatic rings. The molecule has 0 fully saturated rings. The Morgan fingerprint density at radius 3 is 2.21 bits per heavy atom. The molecule has 1 nitrogen and oxygen atoms in total. The van der Waals surface area contributed by atoms with E-state index >= 15 is 0 Å². The number of ether oxygens (including phenoxy) is 1. The van der Waals surface area contributed by atoms with Crippen molar-refractivity contribution < 1.29 is 9.13 Å². The van der Waals surface area contributed by atoms with Gasteiger partial charge in [0, 0.05) is 6.07 Å². The quantitative estimate of drug-likeness (QED) is 0.717. The average molecular weight is 258 g/mol. The van der Waals surface area contributed by atoms with Gasteiger partial charge in [0.05, 0.1) is 0 Å². The van der Waals surface area contributed by atoms with Crippen molar-refractivity contribution in [2.24, 2.45) is 0 Å². The lowest BCUT2D eigenvalue weighted by atomic mass is 9.87. The summed E-state index contributed by atoms with van der Waals surface area (Å²) >= 11 is 0. The summed E-state index contributed by atoms with van der Waals surface area (Å²) < 4.78 is 19.7. The largest absolute Gasteiger partial charge is 0.457 e. The first-order chi connectivity index (χ1) is 8.86. The highest BCUT2D eigenvalue weighted by Gasteiger charge is 2.18. The van der Waals surface area contributed by atoms with Crippen LogP contribution in [0.1, 0.15) is 31.9 Å². The normalized spacial score (nSPS) is 11.4. The molecule has 0 radical (unpaired) electrons. The van der Waals surface area contributed by atoms with E-state index in [0.29, 0.717) is 11.3 Å². The molecule has 0 N–H and O–H groups in total. The van der Waals surface area contributed by atoms with Crippen molar-refractivity contribution in [3.8, 4) is 11.5 Å². The molecule has 0 aromatic heterocycles. The molecule has 0 aliphatic heterocycles. The van der Waals surface area contributed by atoms with Crippen molar-refractivity contribution in [3.63, 3.8) is 0 Å². The Balaban J connectivity index is 2.26. The van der Waals surface area contributed by atoms with Crippen LogP contribution >= 0.6 is 0 Å². The van der Waals surface area contributed by atoms with Crippen molar-refractivity contribution in [1.29, 1.82) is 0 Å². The Morgan fingerprint density at radius 2 is 1.63 bits per heavy atom. The zero-order valence-corrected chi connectivity index (χ0v) is 11.8. The number of hydrogen-bond donors (Lipinski definition) is 0. The fourth-order valence-corrected chi connectivity index (χ4v) is 1.98. The monoisotopic (exact) mass is 258 g/mol. The molecule has 0 atom stereocenters. The highest BCUT2D eigenvalue weighted by atomic mass is 19.1. The summed E-state index contributed by atoms with van der Waals surface area (Å²) in [7, 11) is 0. The molecule has 0 saturated heterocycles. The predicted molar refractivity (Wildman–Crippen MR) is 76.4 cm³/mol. The van der Waals surface area contributed by atoms with E-state index in [1.54, 1.807) is 6.07 Å². The fourth-order valence-electron chi connectivity index (χ4n) is 1.98. The van der Waals surface area contributed by atoms with Crippen LogP contribution < -0.4 is 4.74 Å². The Bertz CT molecular complexity index is 582. The van der Waals surface area contributed by atoms with E-state index in [-0.39, 0.29) is 11.2 Å². The highest BCUT2D eigenvalue weighted by Crippen LogP contribution is 2.29. The maximum absolute atomic E-state index is 14.0. The second kappa shape index (κ2) is 5.04. The number of benzene rings is 2. The molecule has 0 saturated carbocycles. The molecule has 2 heteroatoms. The van der Waals surface area contributed by atoms with E-state index in [1.807, 2.05) is 58.0 Å². The van der Waals surface area contributed by atoms with Crippen molar-refractivity contribution in [3.05, 3.63) is 59.4 Å². The lowest BCUT2D eigenvalue weighted by molar-refractivity contribution is 0.468. The molecule has 2 rings (SSSR count). The fraction of sp³-hybridized carbons (Fsp3) is 0.294. The predicted octanol–water partition coefficient (Wildman–Crippen LogP) is 5.22. The first kappa shape index (κ1) is 13.6. The highest BCUT2D eigenvalue weighted by molar-refractivity contribution is 5.37. The summed E-state index contributed by atoms with van der Waals surface area (Å²) in [6.45, 7) is 7.97. The first-order valence-corrected chi connectivity index (χ1v) is 6.41. The van der Waals surface area contributed by atoms with E-state index in [1.165, 1.54) is 6.07 Å². The van der Waals surface area contributed by atoms with Crippen molar-refractivity contribution in [2.75, 3.05) is 0 Å². The standard InChI is InChI=1S/C17H19FO/c1-12-6-5-7-13(10-12)19-14-8-9-15(16(18)11-14)17(2,3)4/h5-11H,1-4H3. The molecule has 0 aliphatic carbocycles. The van der Waals surface area contributed by atoms with E-state index in [9.17, 15) is 4.39 Å². The lowest BCUT2D eigenvalue weighted by Crippen LogP contribution is -2.13. The van der Waals surface area contributed by atoms with Gasteiger partial charge in [0.25, 0.3) is 0 Å². The minimum atomic E-state index is -0.224. The number of halogens is 1. The maximum Gasteiger partial charge on any atom is 0.130 e. The van der Waals surface area contributed by atoms with Crippen LogP contribution in [0.3, 0.4) is 0 Å². The summed E-state index contributed by atoms with van der Waals surface area (Å²) in [5.74, 6) is 1.02. The molecule has 0 bridgehead atoms. The zero-order chi connectivity index (χ0) is 14.0. The van der Waals surface area contributed by atoms with Gasteiger partial charge in [-0.3, -0.25) is 0 Å². The molecular formula is C17H19FO. The third kappa shape index (κ3) is 3.34. The van der Waals surface area contributed by atoms with Gasteiger partial charge in [-0.1, -0.05) is 39.0 Å². The van der Waals surface area contributed by atoms with Crippen LogP contribution in [0.15, 0.2) is 42.5 Å². The Hall–Kier alpha value is -1.83. The van der Waals surface area contributed by atoms with E-state index in [0.717, 1.165) is 11.3 Å². The molecular weight excluding hydrogens is 239 g/mol. The van der Waals surface area contributed by atoms with Crippen LogP contribution in [0, 0.1) is 12.7 Å². The molecule has 100 valence electrons. The van der Waals surface area contributed by atoms with Crippen molar-refractivity contribution in [2.45, 2.75) is 33.1 Å². The van der Waals surface area contributed by atoms with Crippen LogP contribution in [-0.2, 0) is 5.41 Å². The molecule has 0 amide bonds. The molecule has 0 unspecified atom stereocenters. The van der Waals surface area contributed by atoms with Crippen LogP contribution in [0.4, 0.5) is 4.39 Å². The third-order valence-corrected chi connectivity index (χ3v) is 2.97. The average Bonchev–Trinajstić information content (AvgIpc) is 2.27. The van der Waals surface area contributed by atoms with Gasteiger partial charge in [-0.15, -0.1) is 0 Å². The van der Waals surface area contributed by atoms with Gasteiger partial charge in [0.1, 0.15) is 17.3 Å². The zero-order valence-electron chi connectivity index (χ0n) is 11.8. The Labute approximate surface area is 114 Å². The Morgan fingerprint density at radius 1 is 0.947 bits per heavy atom. The molecule has 0 spiro atoms. The number of aryl methyl sites for hydroxylation is 1. The summed E-state index contributed by atoms with van der Waals surface area (Å²) in [5.41, 5.74) is 1.61. The van der Waals surface area contributed by atoms with Crippen LogP contribution in [-0.4, -0.2) is 0 Å². The van der Waals surface area contributed by atoms with Gasteiger partial charge in [-0.2, -0.15) is 0 Å². The SMILES string of the molecule is Cc1cccc(Oc2ccc(C(C)(C)C)c(F)c2)c1. The third-order valence-electron chi connectivity index (χ3n) is 2.97. The Kier molecular flexibility index (Phi) is 3.61. The van der Waals surface area contributed by atoms with E-state index in [4.69, 9.17) is 4.74 Å². The van der Waals surface area contributed by atoms with Crippen LogP contribution in [0.25, 0.3) is 0 Å². The first-order valence-electron chi connectivity index (χ1n) is 6.41. The van der Waals surface area contributed by atoms with Gasteiger partial charge in [-0.05, 0) is 41.7 Å². The van der Waals surface area contributed by atoms with Crippen molar-refractivity contribution >= 4 is 0 Å². The van der Waals surface area contributed by atoms with Gasteiger partial charge < -0.3 is 4.74 Å². The molecule has 2 aromatic carbocycles. The maximum atomic E-state index is 14.0. The smallest absolute Gasteiger partial charge is 0.130 e. The van der Waals surface area contributed by atoms with Crippen LogP contribution in [0.2, 0.25) is 0 Å². The van der Waals surface area contributed by atoms with Gasteiger partial charge in [0.2, 0.25) is 0 Å². The second-order valence-electron chi connectivity index (χ2n) is 5.81. The van der Waals surface area contributed by atoms with E-state index < -0.39 is 0 Å². The number of hydrogen-bond acceptors (Lipinski definition) is 1. The molecule has 19 heavy (non-hydrogen) atoms. The van der Waals surface area contributed by atoms with E-state index in [2.05, 4.69) is 0 Å². The van der Waals surface area contributed by atoms with Crippen LogP contribution in [0.5, 0.6) is 11.5 Å².